The van der Waals surface area contributed by atoms with Crippen LogP contribution in [0.4, 0.5) is 0 Å². The van der Waals surface area contributed by atoms with E-state index in [1.165, 1.54) is 12.8 Å². The molecule has 0 unspecified atom stereocenters. The van der Waals surface area contributed by atoms with Crippen LogP contribution in [0.3, 0.4) is 0 Å². The molecule has 0 saturated carbocycles. The summed E-state index contributed by atoms with van der Waals surface area (Å²) in [7, 11) is 0. The molecule has 0 heterocycles. The van der Waals surface area contributed by atoms with Crippen molar-refractivity contribution in [3.05, 3.63) is 48.6 Å². The van der Waals surface area contributed by atoms with E-state index in [4.69, 9.17) is 5.21 Å². The average molecular weight is 351 g/mol. The molecule has 0 aliphatic rings. The minimum Gasteiger partial charge on any atom is -0.393 e. The maximum absolute atomic E-state index is 10.8. The Morgan fingerprint density at radius 1 is 0.960 bits per heavy atom. The fourth-order valence-electron chi connectivity index (χ4n) is 2.13. The number of nitrogens with one attached hydrogen (secondary N) is 1. The number of carbonyl (C=O) groups excluding carboxylic acids is 1. The molecule has 0 spiro atoms. The highest BCUT2D eigenvalue weighted by atomic mass is 16.5. The maximum atomic E-state index is 10.8. The molecule has 0 aliphatic carbocycles. The highest BCUT2D eigenvalue weighted by molar-refractivity contribution is 5.74. The minimum atomic E-state index is -0.603. The smallest absolute Gasteiger partial charge is 0.243 e. The third-order valence-corrected chi connectivity index (χ3v) is 3.60. The molecule has 1 amide bonds. The molecule has 0 saturated heterocycles. The van der Waals surface area contributed by atoms with Gasteiger partial charge in [-0.2, -0.15) is 0 Å². The van der Waals surface area contributed by atoms with E-state index in [-0.39, 0.29) is 12.5 Å². The van der Waals surface area contributed by atoms with Gasteiger partial charge in [-0.1, -0.05) is 74.8 Å². The predicted octanol–water partition coefficient (Wildman–Crippen LogP) is 3.58. The third kappa shape index (κ3) is 16.9. The lowest BCUT2D eigenvalue weighted by Gasteiger charge is -2.05. The maximum Gasteiger partial charge on any atom is 0.243 e. The standard InChI is InChI=1S/C20H33NO4/c1-2-3-9-13-18(22)14-10-7-5-4-6-8-11-15-19(23)16-12-17-20(24)21-25/h4-8,10-11,15,18-19,22-23,25H,2-3,9,12-14,16-17H2,1H3,(H,21,24)/b5-4+,8-6-,10-7+,15-11+/t18-,19-/m1/s1. The molecule has 0 bridgehead atoms. The van der Waals surface area contributed by atoms with Crippen LogP contribution in [0.1, 0.15) is 58.3 Å². The van der Waals surface area contributed by atoms with Crippen LogP contribution in [0, 0.1) is 0 Å². The van der Waals surface area contributed by atoms with Gasteiger partial charge in [0.15, 0.2) is 0 Å². The largest absolute Gasteiger partial charge is 0.393 e. The Morgan fingerprint density at radius 2 is 1.64 bits per heavy atom. The summed E-state index contributed by atoms with van der Waals surface area (Å²) in [6.45, 7) is 2.15. The second-order valence-corrected chi connectivity index (χ2v) is 5.96. The van der Waals surface area contributed by atoms with Gasteiger partial charge in [0.05, 0.1) is 12.2 Å². The van der Waals surface area contributed by atoms with Crippen molar-refractivity contribution >= 4 is 5.91 Å². The van der Waals surface area contributed by atoms with Crippen molar-refractivity contribution in [1.29, 1.82) is 0 Å². The SMILES string of the molecule is CCCCC[C@@H](O)C/C=C/C=C/C=C\C=C\[C@@H](O)CCCC(=O)NO. The summed E-state index contributed by atoms with van der Waals surface area (Å²) in [5, 5.41) is 27.8. The van der Waals surface area contributed by atoms with Crippen molar-refractivity contribution in [2.75, 3.05) is 0 Å². The summed E-state index contributed by atoms with van der Waals surface area (Å²) in [4.78, 5) is 10.8. The van der Waals surface area contributed by atoms with E-state index in [1.54, 1.807) is 17.6 Å². The number of hydrogen-bond donors (Lipinski definition) is 4. The molecule has 0 fully saturated rings. The van der Waals surface area contributed by atoms with Crippen molar-refractivity contribution in [3.63, 3.8) is 0 Å². The van der Waals surface area contributed by atoms with Gasteiger partial charge < -0.3 is 10.2 Å². The van der Waals surface area contributed by atoms with Crippen LogP contribution in [0.15, 0.2) is 48.6 Å². The van der Waals surface area contributed by atoms with E-state index in [0.717, 1.165) is 12.8 Å². The van der Waals surface area contributed by atoms with Gasteiger partial charge in [0.25, 0.3) is 0 Å². The number of hydroxylamine groups is 1. The van der Waals surface area contributed by atoms with E-state index in [1.807, 2.05) is 36.5 Å². The van der Waals surface area contributed by atoms with Crippen molar-refractivity contribution < 1.29 is 20.2 Å². The van der Waals surface area contributed by atoms with E-state index >= 15 is 0 Å². The molecule has 2 atom stereocenters. The number of rotatable bonds is 14. The van der Waals surface area contributed by atoms with Crippen LogP contribution in [0.5, 0.6) is 0 Å². The lowest BCUT2D eigenvalue weighted by molar-refractivity contribution is -0.129. The molecular formula is C20H33NO4. The number of amides is 1. The van der Waals surface area contributed by atoms with Gasteiger partial charge in [0.1, 0.15) is 0 Å². The second kappa shape index (κ2) is 17.1. The van der Waals surface area contributed by atoms with Crippen molar-refractivity contribution in [2.24, 2.45) is 0 Å². The van der Waals surface area contributed by atoms with Gasteiger partial charge in [-0.15, -0.1) is 0 Å². The summed E-state index contributed by atoms with van der Waals surface area (Å²) in [5.41, 5.74) is 1.56. The highest BCUT2D eigenvalue weighted by Gasteiger charge is 2.02. The molecule has 0 aliphatic heterocycles. The van der Waals surface area contributed by atoms with Crippen molar-refractivity contribution in [1.82, 2.24) is 5.48 Å². The molecule has 0 aromatic heterocycles. The van der Waals surface area contributed by atoms with Crippen LogP contribution in [0.2, 0.25) is 0 Å². The monoisotopic (exact) mass is 351 g/mol. The van der Waals surface area contributed by atoms with Crippen LogP contribution in [0.25, 0.3) is 0 Å². The first-order valence-corrected chi connectivity index (χ1v) is 9.05. The predicted molar refractivity (Wildman–Crippen MR) is 101 cm³/mol. The van der Waals surface area contributed by atoms with Crippen molar-refractivity contribution in [3.8, 4) is 0 Å². The third-order valence-electron chi connectivity index (χ3n) is 3.60. The zero-order valence-corrected chi connectivity index (χ0v) is 15.2. The second-order valence-electron chi connectivity index (χ2n) is 5.96. The van der Waals surface area contributed by atoms with Gasteiger partial charge in [0, 0.05) is 6.42 Å². The van der Waals surface area contributed by atoms with E-state index < -0.39 is 12.0 Å². The quantitative estimate of drug-likeness (QED) is 0.167. The fourth-order valence-corrected chi connectivity index (χ4v) is 2.13. The molecule has 4 N–H and O–H groups in total. The van der Waals surface area contributed by atoms with Crippen LogP contribution in [-0.4, -0.2) is 33.5 Å². The molecule has 142 valence electrons. The first kappa shape index (κ1) is 23.3. The summed E-state index contributed by atoms with van der Waals surface area (Å²) in [6.07, 6.45) is 20.0. The zero-order chi connectivity index (χ0) is 18.8. The fraction of sp³-hybridized carbons (Fsp3) is 0.550. The van der Waals surface area contributed by atoms with Gasteiger partial charge in [-0.25, -0.2) is 5.48 Å². The minimum absolute atomic E-state index is 0.194. The van der Waals surface area contributed by atoms with Gasteiger partial charge >= 0.3 is 0 Å². The Kier molecular flexibility index (Phi) is 16.0. The first-order valence-electron chi connectivity index (χ1n) is 9.05. The number of hydrogen-bond acceptors (Lipinski definition) is 4. The summed E-state index contributed by atoms with van der Waals surface area (Å²) in [5.74, 6) is -0.442. The highest BCUT2D eigenvalue weighted by Crippen LogP contribution is 2.06. The summed E-state index contributed by atoms with van der Waals surface area (Å²) >= 11 is 0. The first-order chi connectivity index (χ1) is 12.1. The Balaban J connectivity index is 3.79. The number of aliphatic hydroxyl groups excluding tert-OH is 2. The lowest BCUT2D eigenvalue weighted by atomic mass is 10.1. The molecule has 0 radical (unpaired) electrons. The number of aliphatic hydroxyl groups is 2. The van der Waals surface area contributed by atoms with Gasteiger partial charge in [-0.05, 0) is 25.7 Å². The molecule has 0 aromatic rings. The normalized spacial score (nSPS) is 14.9. The average Bonchev–Trinajstić information content (AvgIpc) is 2.60. The summed E-state index contributed by atoms with van der Waals surface area (Å²) in [6, 6.07) is 0. The van der Waals surface area contributed by atoms with E-state index in [0.29, 0.717) is 19.3 Å². The molecule has 5 nitrogen and oxygen atoms in total. The van der Waals surface area contributed by atoms with Crippen LogP contribution < -0.4 is 5.48 Å². The Morgan fingerprint density at radius 3 is 2.32 bits per heavy atom. The molecule has 0 rings (SSSR count). The molecule has 25 heavy (non-hydrogen) atoms. The van der Waals surface area contributed by atoms with Gasteiger partial charge in [-0.3, -0.25) is 10.0 Å². The van der Waals surface area contributed by atoms with Gasteiger partial charge in [0.2, 0.25) is 5.91 Å². The van der Waals surface area contributed by atoms with E-state index in [2.05, 4.69) is 6.92 Å². The Hall–Kier alpha value is -1.69. The molecular weight excluding hydrogens is 318 g/mol. The number of unbranched alkanes of at least 4 members (excludes halogenated alkanes) is 2. The van der Waals surface area contributed by atoms with Crippen LogP contribution >= 0.6 is 0 Å². The topological polar surface area (TPSA) is 89.8 Å². The molecule has 5 heteroatoms. The lowest BCUT2D eigenvalue weighted by Crippen LogP contribution is -2.18. The summed E-state index contributed by atoms with van der Waals surface area (Å²) < 4.78 is 0. The van der Waals surface area contributed by atoms with Crippen molar-refractivity contribution in [2.45, 2.75) is 70.5 Å². The number of carbonyl (C=O) groups is 1. The Bertz CT molecular complexity index is 441. The molecule has 0 aromatic carbocycles. The zero-order valence-electron chi connectivity index (χ0n) is 15.2. The number of allylic oxidation sites excluding steroid dienone is 6. The Labute approximate surface area is 151 Å². The van der Waals surface area contributed by atoms with Crippen LogP contribution in [-0.2, 0) is 4.79 Å². The van der Waals surface area contributed by atoms with E-state index in [9.17, 15) is 15.0 Å².